The molecule has 0 amide bonds. The number of H-pyrrole nitrogens is 4. The molecule has 0 saturated carbocycles. The first-order valence-electron chi connectivity index (χ1n) is 26.1. The van der Waals surface area contributed by atoms with Crippen molar-refractivity contribution in [3.63, 3.8) is 0 Å². The van der Waals surface area contributed by atoms with E-state index in [-0.39, 0.29) is 13.2 Å². The average Bonchev–Trinajstić information content (AvgIpc) is 4.16. The molecule has 12 atom stereocenters. The lowest BCUT2D eigenvalue weighted by Gasteiger charge is -2.31. The minimum Gasteiger partial charge on any atom is -0.394 e. The second kappa shape index (κ2) is 18.6. The van der Waals surface area contributed by atoms with Crippen LogP contribution < -0.4 is 0 Å². The monoisotopic (exact) mass is 1040 g/mol. The maximum Gasteiger partial charge on any atom is 0.163 e. The normalized spacial score (nSPS) is 38.4. The van der Waals surface area contributed by atoms with Crippen molar-refractivity contribution in [2.45, 2.75) is 215 Å². The summed E-state index contributed by atoms with van der Waals surface area (Å²) < 4.78 is 79.1. The Bertz CT molecular complexity index is 2370. The highest BCUT2D eigenvalue weighted by Crippen LogP contribution is 2.50. The zero-order chi connectivity index (χ0) is 52.7. The van der Waals surface area contributed by atoms with Crippen molar-refractivity contribution in [3.05, 3.63) is 94.1 Å². The number of rotatable bonds is 10. The maximum absolute atomic E-state index is 11.5. The van der Waals surface area contributed by atoms with Crippen LogP contribution in [-0.4, -0.2) is 175 Å². The summed E-state index contributed by atoms with van der Waals surface area (Å²) in [6, 6.07) is 16.1. The van der Waals surface area contributed by atoms with Gasteiger partial charge in [-0.3, -0.25) is 0 Å². The van der Waals surface area contributed by atoms with E-state index in [0.29, 0.717) is 0 Å². The molecule has 6 fully saturated rings. The highest BCUT2D eigenvalue weighted by molar-refractivity contribution is 5.41. The molecule has 0 aromatic carbocycles. The molecule has 0 aliphatic carbocycles. The minimum absolute atomic E-state index is 0.282. The lowest BCUT2D eigenvalue weighted by molar-refractivity contribution is -0.174. The number of hydrogen-bond donors (Lipinski definition) is 8. The minimum atomic E-state index is -1.28. The third-order valence-corrected chi connectivity index (χ3v) is 15.5. The fourth-order valence-corrected chi connectivity index (χ4v) is 12.7. The van der Waals surface area contributed by atoms with Gasteiger partial charge in [0, 0.05) is 45.6 Å². The van der Waals surface area contributed by atoms with Gasteiger partial charge in [-0.2, -0.15) is 0 Å². The first-order valence-corrected chi connectivity index (χ1v) is 26.1. The predicted octanol–water partition coefficient (Wildman–Crippen LogP) is 4.93. The Morgan fingerprint density at radius 1 is 0.365 bits per heavy atom. The van der Waals surface area contributed by atoms with E-state index in [2.05, 4.69) is 19.9 Å². The molecular formula is C54H76N4O16. The van der Waals surface area contributed by atoms with Crippen LogP contribution in [0.25, 0.3) is 0 Å². The van der Waals surface area contributed by atoms with Crippen molar-refractivity contribution in [2.75, 3.05) is 26.4 Å². The van der Waals surface area contributed by atoms with Crippen LogP contribution >= 0.6 is 0 Å². The number of fused-ring (bicyclic) bond motifs is 8. The molecular weight excluding hydrogens is 961 g/mol. The summed E-state index contributed by atoms with van der Waals surface area (Å²) in [7, 11) is 0. The topological polar surface area (TPSA) is 255 Å². The molecule has 7 aliphatic rings. The quantitative estimate of drug-likeness (QED) is 0.105. The Morgan fingerprint density at radius 2 is 0.608 bits per heavy atom. The maximum atomic E-state index is 11.5. The summed E-state index contributed by atoms with van der Waals surface area (Å²) in [4.78, 5) is 15.3. The average molecular weight is 1040 g/mol. The van der Waals surface area contributed by atoms with Crippen LogP contribution in [0.4, 0.5) is 0 Å². The highest BCUT2D eigenvalue weighted by Gasteiger charge is 2.57. The van der Waals surface area contributed by atoms with E-state index in [4.69, 9.17) is 56.8 Å². The van der Waals surface area contributed by atoms with Gasteiger partial charge in [-0.25, -0.2) is 0 Å². The van der Waals surface area contributed by atoms with Crippen LogP contribution in [0.3, 0.4) is 0 Å². The molecule has 7 aliphatic heterocycles. The summed E-state index contributed by atoms with van der Waals surface area (Å²) in [6.07, 6.45) is -9.53. The molecule has 408 valence electrons. The van der Waals surface area contributed by atoms with Gasteiger partial charge in [0.2, 0.25) is 0 Å². The molecule has 0 spiro atoms. The predicted molar refractivity (Wildman–Crippen MR) is 262 cm³/mol. The van der Waals surface area contributed by atoms with Gasteiger partial charge < -0.3 is 97.2 Å². The molecule has 74 heavy (non-hydrogen) atoms. The SMILES string of the molecule is CC1(C)OC[C@@H]([C@@H]2OC(C)(C)O[C@H]2C2c3ccc([nH]3)C([C@@H]3OC(C)(C)O[C@H]3[C@@H](O)CO)c3ccc([nH]3)C([C@@H]3OC(C)(C)O[C@H]3[C@@H]3COC(C)(C)O3)c3ccc([nH]3)C([C@@H]3OC(C)(C)O[C@H]3[C@@H](O)CO)c3ccc2[nH]3)O1. The first-order chi connectivity index (χ1) is 34.7. The van der Waals surface area contributed by atoms with Crippen LogP contribution in [0.15, 0.2) is 48.5 Å². The van der Waals surface area contributed by atoms with E-state index in [1.54, 1.807) is 27.7 Å². The van der Waals surface area contributed by atoms with Gasteiger partial charge in [0.05, 0.1) is 50.1 Å². The van der Waals surface area contributed by atoms with E-state index >= 15 is 0 Å². The Hall–Kier alpha value is -3.52. The first kappa shape index (κ1) is 52.5. The zero-order valence-corrected chi connectivity index (χ0v) is 44.4. The highest BCUT2D eigenvalue weighted by atomic mass is 16.8. The van der Waals surface area contributed by atoms with Gasteiger partial charge in [-0.05, 0) is 132 Å². The number of hydrogen-bond acceptors (Lipinski definition) is 16. The molecule has 20 heteroatoms. The molecule has 8 bridgehead atoms. The summed E-state index contributed by atoms with van der Waals surface area (Å²) in [5, 5.41) is 43.8. The number of aromatic amines is 4. The Kier molecular flexibility index (Phi) is 13.2. The van der Waals surface area contributed by atoms with Gasteiger partial charge in [0.25, 0.3) is 0 Å². The molecule has 11 rings (SSSR count). The van der Waals surface area contributed by atoms with Crippen molar-refractivity contribution >= 4 is 0 Å². The van der Waals surface area contributed by atoms with E-state index in [1.165, 1.54) is 0 Å². The zero-order valence-electron chi connectivity index (χ0n) is 44.4. The summed E-state index contributed by atoms with van der Waals surface area (Å²) >= 11 is 0. The molecule has 4 aromatic rings. The van der Waals surface area contributed by atoms with Crippen molar-refractivity contribution in [2.24, 2.45) is 0 Å². The lowest BCUT2D eigenvalue weighted by atomic mass is 9.89. The molecule has 20 nitrogen and oxygen atoms in total. The third kappa shape index (κ3) is 9.79. The summed E-state index contributed by atoms with van der Waals surface area (Å²) in [6.45, 7) is 21.7. The fraction of sp³-hybridized carbons (Fsp3) is 0.704. The van der Waals surface area contributed by atoms with Crippen molar-refractivity contribution < 1.29 is 77.3 Å². The van der Waals surface area contributed by atoms with Crippen LogP contribution in [0.5, 0.6) is 0 Å². The van der Waals surface area contributed by atoms with Crippen molar-refractivity contribution in [3.8, 4) is 0 Å². The fourth-order valence-electron chi connectivity index (χ4n) is 12.7. The molecule has 4 aromatic heterocycles. The number of aromatic nitrogens is 4. The van der Waals surface area contributed by atoms with Crippen LogP contribution in [-0.2, 0) is 56.8 Å². The summed E-state index contributed by atoms with van der Waals surface area (Å²) in [5.74, 6) is -8.39. The molecule has 11 heterocycles. The smallest absolute Gasteiger partial charge is 0.163 e. The number of nitrogens with one attached hydrogen (secondary N) is 4. The second-order valence-electron chi connectivity index (χ2n) is 23.9. The standard InChI is InChI=1S/C54H76N4O16/c1-49(2)63-23-35(65-49)43-47(73-53(9,10)69-43)39-29-17-13-25(55-29)37(45-41(33(61)21-59)67-51(5,6)71-45)27-15-19-31(57-27)40(48-44(70-54(11,12)74-48)36-24-64-50(3,4)66-36)32-20-16-28(58-32)38(26-14-18-30(39)56-26)46-42(34(62)22-60)68-52(7,8)72-46/h13-20,33-48,55-62H,21-24H2,1-12H3/t33-,34-,35-,36-,37?,38?,39?,40?,41-,42-,43-,44-,45-,46-,47-,48-/m0/s1. The van der Waals surface area contributed by atoms with E-state index < -0.39 is 145 Å². The van der Waals surface area contributed by atoms with Gasteiger partial charge in [-0.1, -0.05) is 0 Å². The van der Waals surface area contributed by atoms with Crippen LogP contribution in [0.2, 0.25) is 0 Å². The third-order valence-electron chi connectivity index (χ3n) is 15.5. The largest absolute Gasteiger partial charge is 0.394 e. The molecule has 0 radical (unpaired) electrons. The van der Waals surface area contributed by atoms with Crippen molar-refractivity contribution in [1.29, 1.82) is 0 Å². The molecule has 0 unspecified atom stereocenters. The van der Waals surface area contributed by atoms with Crippen LogP contribution in [0, 0.1) is 0 Å². The van der Waals surface area contributed by atoms with Gasteiger partial charge in [0.15, 0.2) is 34.7 Å². The van der Waals surface area contributed by atoms with E-state index in [0.717, 1.165) is 45.6 Å². The summed E-state index contributed by atoms with van der Waals surface area (Å²) in [5.41, 5.74) is 5.96. The van der Waals surface area contributed by atoms with E-state index in [9.17, 15) is 20.4 Å². The van der Waals surface area contributed by atoms with Crippen LogP contribution in [0.1, 0.15) is 152 Å². The van der Waals surface area contributed by atoms with E-state index in [1.807, 2.05) is 104 Å². The van der Waals surface area contributed by atoms with Crippen molar-refractivity contribution in [1.82, 2.24) is 19.9 Å². The van der Waals surface area contributed by atoms with Gasteiger partial charge >= 0.3 is 0 Å². The van der Waals surface area contributed by atoms with Gasteiger partial charge in [0.1, 0.15) is 73.2 Å². The number of ether oxygens (including phenoxy) is 12. The number of aliphatic hydroxyl groups is 4. The van der Waals surface area contributed by atoms with Gasteiger partial charge in [-0.15, -0.1) is 0 Å². The molecule has 8 N–H and O–H groups in total. The lowest BCUT2D eigenvalue weighted by Crippen LogP contribution is -2.42. The Balaban J connectivity index is 1.12. The Morgan fingerprint density at radius 3 is 0.865 bits per heavy atom. The number of aliphatic hydroxyl groups excluding tert-OH is 4. The Labute approximate surface area is 431 Å². The molecule has 6 saturated heterocycles. The second-order valence-corrected chi connectivity index (χ2v) is 23.9.